The van der Waals surface area contributed by atoms with Gasteiger partial charge in [-0.2, -0.15) is 0 Å². The van der Waals surface area contributed by atoms with Gasteiger partial charge in [-0.05, 0) is 43.9 Å². The Morgan fingerprint density at radius 1 is 0.971 bits per heavy atom. The molecule has 3 aliphatic rings. The van der Waals surface area contributed by atoms with Gasteiger partial charge in [0.1, 0.15) is 11.5 Å². The van der Waals surface area contributed by atoms with Crippen LogP contribution in [0.4, 0.5) is 4.79 Å². The average Bonchev–Trinajstić information content (AvgIpc) is 2.95. The number of benzene rings is 2. The number of allylic oxidation sites excluding steroid dienone is 1. The minimum Gasteiger partial charge on any atom is -0.497 e. The molecule has 0 saturated carbocycles. The van der Waals surface area contributed by atoms with Crippen molar-refractivity contribution in [2.75, 3.05) is 27.3 Å². The van der Waals surface area contributed by atoms with Crippen molar-refractivity contribution >= 4 is 6.03 Å². The van der Waals surface area contributed by atoms with Crippen molar-refractivity contribution in [1.82, 2.24) is 15.1 Å². The van der Waals surface area contributed by atoms with E-state index in [0.29, 0.717) is 6.54 Å². The van der Waals surface area contributed by atoms with Gasteiger partial charge in [-0.3, -0.25) is 9.80 Å². The molecular formula is C29H37N3O3. The molecule has 6 nitrogen and oxygen atoms in total. The number of hydrogen-bond acceptors (Lipinski definition) is 4. The predicted molar refractivity (Wildman–Crippen MR) is 138 cm³/mol. The molecule has 0 bridgehead atoms. The maximum Gasteiger partial charge on any atom is 0.322 e. The van der Waals surface area contributed by atoms with Crippen molar-refractivity contribution in [3.05, 3.63) is 69.9 Å². The zero-order valence-electron chi connectivity index (χ0n) is 21.8. The lowest BCUT2D eigenvalue weighted by molar-refractivity contribution is 0.159. The molecule has 6 heteroatoms. The van der Waals surface area contributed by atoms with Crippen LogP contribution >= 0.6 is 0 Å². The fraction of sp³-hybridized carbons (Fsp3) is 0.483. The van der Waals surface area contributed by atoms with Gasteiger partial charge in [0.15, 0.2) is 0 Å². The number of nitrogens with one attached hydrogen (secondary N) is 1. The Bertz CT molecular complexity index is 1170. The second kappa shape index (κ2) is 8.59. The number of amides is 2. The van der Waals surface area contributed by atoms with E-state index in [9.17, 15) is 4.79 Å². The van der Waals surface area contributed by atoms with Crippen LogP contribution in [0.2, 0.25) is 0 Å². The summed E-state index contributed by atoms with van der Waals surface area (Å²) in [5.41, 5.74) is 6.65. The molecule has 3 heterocycles. The van der Waals surface area contributed by atoms with Crippen LogP contribution in [0.25, 0.3) is 0 Å². The summed E-state index contributed by atoms with van der Waals surface area (Å²) >= 11 is 0. The zero-order valence-corrected chi connectivity index (χ0v) is 21.8. The van der Waals surface area contributed by atoms with Crippen LogP contribution in [0.3, 0.4) is 0 Å². The Balaban J connectivity index is 1.43. The molecule has 3 aliphatic heterocycles. The smallest absolute Gasteiger partial charge is 0.322 e. The first kappa shape index (κ1) is 23.7. The summed E-state index contributed by atoms with van der Waals surface area (Å²) in [4.78, 5) is 17.8. The van der Waals surface area contributed by atoms with Gasteiger partial charge in [0.2, 0.25) is 0 Å². The second-order valence-corrected chi connectivity index (χ2v) is 11.0. The van der Waals surface area contributed by atoms with Crippen LogP contribution < -0.4 is 14.8 Å². The van der Waals surface area contributed by atoms with Crippen LogP contribution in [0.1, 0.15) is 54.5 Å². The Kier molecular flexibility index (Phi) is 5.83. The SMILES string of the molecule is COc1cc2c(c(OC)c1)C(C)(C)C=C1N(C2)C(=O)NC12CCN(Cc1cc(C)cc(C)c1)CC2. The third kappa shape index (κ3) is 4.18. The van der Waals surface area contributed by atoms with Crippen molar-refractivity contribution in [3.8, 4) is 11.5 Å². The van der Waals surface area contributed by atoms with Gasteiger partial charge in [-0.1, -0.05) is 49.2 Å². The molecule has 2 aromatic rings. The molecule has 1 N–H and O–H groups in total. The van der Waals surface area contributed by atoms with E-state index in [1.807, 2.05) is 17.0 Å². The van der Waals surface area contributed by atoms with E-state index in [2.05, 4.69) is 62.2 Å². The fourth-order valence-electron chi connectivity index (χ4n) is 6.33. The van der Waals surface area contributed by atoms with E-state index in [1.165, 1.54) is 16.7 Å². The summed E-state index contributed by atoms with van der Waals surface area (Å²) in [6, 6.07) is 10.8. The summed E-state index contributed by atoms with van der Waals surface area (Å²) in [7, 11) is 3.36. The molecule has 0 unspecified atom stereocenters. The van der Waals surface area contributed by atoms with Gasteiger partial charge in [-0.15, -0.1) is 0 Å². The van der Waals surface area contributed by atoms with Crippen molar-refractivity contribution in [1.29, 1.82) is 0 Å². The maximum atomic E-state index is 13.3. The van der Waals surface area contributed by atoms with Crippen LogP contribution in [-0.4, -0.2) is 48.7 Å². The summed E-state index contributed by atoms with van der Waals surface area (Å²) in [6.45, 7) is 12.1. The van der Waals surface area contributed by atoms with Crippen LogP contribution in [-0.2, 0) is 18.5 Å². The minimum absolute atomic E-state index is 0.00977. The van der Waals surface area contributed by atoms with Crippen molar-refractivity contribution in [2.24, 2.45) is 0 Å². The molecule has 5 rings (SSSR count). The lowest BCUT2D eigenvalue weighted by atomic mass is 9.77. The van der Waals surface area contributed by atoms with Crippen LogP contribution in [0, 0.1) is 13.8 Å². The molecule has 2 saturated heterocycles. The van der Waals surface area contributed by atoms with E-state index < -0.39 is 0 Å². The molecule has 35 heavy (non-hydrogen) atoms. The van der Waals surface area contributed by atoms with E-state index in [0.717, 1.165) is 60.8 Å². The van der Waals surface area contributed by atoms with Gasteiger partial charge >= 0.3 is 6.03 Å². The summed E-state index contributed by atoms with van der Waals surface area (Å²) in [5.74, 6) is 1.55. The molecule has 2 aromatic carbocycles. The number of fused-ring (bicyclic) bond motifs is 3. The molecule has 0 radical (unpaired) electrons. The number of piperidine rings is 1. The number of hydrogen-bond donors (Lipinski definition) is 1. The Morgan fingerprint density at radius 2 is 1.66 bits per heavy atom. The molecule has 1 spiro atoms. The third-order valence-corrected chi connectivity index (χ3v) is 7.85. The van der Waals surface area contributed by atoms with Gasteiger partial charge in [0, 0.05) is 42.4 Å². The van der Waals surface area contributed by atoms with E-state index >= 15 is 0 Å². The third-order valence-electron chi connectivity index (χ3n) is 7.85. The normalized spacial score (nSPS) is 20.6. The Labute approximate surface area is 208 Å². The maximum absolute atomic E-state index is 13.3. The molecule has 186 valence electrons. The Morgan fingerprint density at radius 3 is 2.29 bits per heavy atom. The fourth-order valence-corrected chi connectivity index (χ4v) is 6.33. The number of carbonyl (C=O) groups is 1. The molecule has 2 amide bonds. The van der Waals surface area contributed by atoms with E-state index in [1.54, 1.807) is 14.2 Å². The van der Waals surface area contributed by atoms with Crippen molar-refractivity contribution in [2.45, 2.75) is 64.6 Å². The number of carbonyl (C=O) groups excluding carboxylic acids is 1. The average molecular weight is 476 g/mol. The van der Waals surface area contributed by atoms with Crippen molar-refractivity contribution in [3.63, 3.8) is 0 Å². The molecule has 0 aromatic heterocycles. The standard InChI is InChI=1S/C29H37N3O3/c1-19-11-20(2)13-21(12-19)17-31-9-7-29(8-10-31)25-16-28(3,4)26-22(18-32(25)27(33)30-29)14-23(34-5)15-24(26)35-6/h11-16H,7-10,17-18H2,1-6H3,(H,30,33). The number of ether oxygens (including phenoxy) is 2. The topological polar surface area (TPSA) is 54.0 Å². The lowest BCUT2D eigenvalue weighted by Gasteiger charge is -2.40. The monoisotopic (exact) mass is 475 g/mol. The number of likely N-dealkylation sites (tertiary alicyclic amines) is 1. The first-order chi connectivity index (χ1) is 16.6. The highest BCUT2D eigenvalue weighted by Crippen LogP contribution is 2.47. The summed E-state index contributed by atoms with van der Waals surface area (Å²) < 4.78 is 11.3. The predicted octanol–water partition coefficient (Wildman–Crippen LogP) is 5.06. The van der Waals surface area contributed by atoms with Gasteiger partial charge in [0.25, 0.3) is 0 Å². The first-order valence-electron chi connectivity index (χ1n) is 12.5. The van der Waals surface area contributed by atoms with E-state index in [-0.39, 0.29) is 17.0 Å². The molecule has 0 aliphatic carbocycles. The quantitative estimate of drug-likeness (QED) is 0.672. The highest BCUT2D eigenvalue weighted by Gasteiger charge is 2.51. The van der Waals surface area contributed by atoms with Gasteiger partial charge in [0.05, 0.1) is 26.3 Å². The molecule has 2 fully saturated rings. The van der Waals surface area contributed by atoms with Crippen LogP contribution in [0.15, 0.2) is 42.1 Å². The van der Waals surface area contributed by atoms with Gasteiger partial charge < -0.3 is 14.8 Å². The number of methoxy groups -OCH3 is 2. The lowest BCUT2D eigenvalue weighted by Crippen LogP contribution is -2.51. The Hall–Kier alpha value is -2.99. The highest BCUT2D eigenvalue weighted by atomic mass is 16.5. The number of urea groups is 1. The summed E-state index contributed by atoms with van der Waals surface area (Å²) in [5, 5.41) is 3.40. The molecule has 0 atom stereocenters. The highest BCUT2D eigenvalue weighted by molar-refractivity contribution is 5.83. The van der Waals surface area contributed by atoms with Crippen LogP contribution in [0.5, 0.6) is 11.5 Å². The number of nitrogens with zero attached hydrogens (tertiary/aromatic N) is 2. The molecular weight excluding hydrogens is 438 g/mol. The minimum atomic E-state index is -0.327. The van der Waals surface area contributed by atoms with Gasteiger partial charge in [-0.25, -0.2) is 4.79 Å². The zero-order chi connectivity index (χ0) is 25.0. The second-order valence-electron chi connectivity index (χ2n) is 11.0. The number of rotatable bonds is 4. The largest absolute Gasteiger partial charge is 0.497 e. The van der Waals surface area contributed by atoms with E-state index in [4.69, 9.17) is 9.47 Å². The number of aryl methyl sites for hydroxylation is 2. The van der Waals surface area contributed by atoms with Crippen molar-refractivity contribution < 1.29 is 14.3 Å². The summed E-state index contributed by atoms with van der Waals surface area (Å²) in [6.07, 6.45) is 4.10. The first-order valence-corrected chi connectivity index (χ1v) is 12.5.